The molecule has 1 aromatic heterocycles. The zero-order valence-corrected chi connectivity index (χ0v) is 18.0. The zero-order valence-electron chi connectivity index (χ0n) is 17.2. The molecular weight excluding hydrogens is 400 g/mol. The van der Waals surface area contributed by atoms with E-state index in [1.807, 2.05) is 45.0 Å². The number of aromatic amines is 1. The van der Waals surface area contributed by atoms with Crippen molar-refractivity contribution >= 4 is 33.0 Å². The van der Waals surface area contributed by atoms with Crippen LogP contribution in [-0.2, 0) is 14.8 Å². The van der Waals surface area contributed by atoms with Gasteiger partial charge in [-0.3, -0.25) is 4.79 Å². The summed E-state index contributed by atoms with van der Waals surface area (Å²) in [4.78, 5) is 15.9. The van der Waals surface area contributed by atoms with Crippen LogP contribution in [0.1, 0.15) is 31.4 Å². The second-order valence-electron chi connectivity index (χ2n) is 7.64. The van der Waals surface area contributed by atoms with Gasteiger partial charge < -0.3 is 4.98 Å². The molecule has 0 unspecified atom stereocenters. The Morgan fingerprint density at radius 2 is 1.83 bits per heavy atom. The predicted molar refractivity (Wildman–Crippen MR) is 119 cm³/mol. The summed E-state index contributed by atoms with van der Waals surface area (Å²) in [7, 11) is -3.83. The minimum atomic E-state index is -3.83. The maximum absolute atomic E-state index is 12.7. The molecule has 8 heteroatoms. The highest BCUT2D eigenvalue weighted by Crippen LogP contribution is 2.16. The first-order valence-electron chi connectivity index (χ1n) is 9.74. The predicted octanol–water partition coefficient (Wildman–Crippen LogP) is 3.32. The van der Waals surface area contributed by atoms with Crippen LogP contribution in [0.15, 0.2) is 64.7 Å². The summed E-state index contributed by atoms with van der Waals surface area (Å²) >= 11 is 0. The van der Waals surface area contributed by atoms with E-state index < -0.39 is 22.0 Å². The first-order valence-corrected chi connectivity index (χ1v) is 11.2. The van der Waals surface area contributed by atoms with E-state index >= 15 is 0 Å². The summed E-state index contributed by atoms with van der Waals surface area (Å²) in [6.45, 7) is 5.73. The smallest absolute Gasteiger partial charge is 0.258 e. The van der Waals surface area contributed by atoms with Gasteiger partial charge in [-0.25, -0.2) is 13.8 Å². The Bertz CT molecular complexity index is 1150. The van der Waals surface area contributed by atoms with Crippen molar-refractivity contribution < 1.29 is 13.2 Å². The van der Waals surface area contributed by atoms with Crippen LogP contribution in [-0.4, -0.2) is 31.6 Å². The van der Waals surface area contributed by atoms with Crippen molar-refractivity contribution in [3.05, 3.63) is 65.9 Å². The van der Waals surface area contributed by atoms with Gasteiger partial charge in [-0.2, -0.15) is 9.82 Å². The average molecular weight is 427 g/mol. The largest absolute Gasteiger partial charge is 0.361 e. The van der Waals surface area contributed by atoms with Crippen molar-refractivity contribution in [1.82, 2.24) is 15.1 Å². The number of aryl methyl sites for hydroxylation is 1. The molecule has 7 nitrogen and oxygen atoms in total. The fourth-order valence-corrected chi connectivity index (χ4v) is 4.31. The molecule has 1 atom stereocenters. The van der Waals surface area contributed by atoms with E-state index in [9.17, 15) is 13.2 Å². The van der Waals surface area contributed by atoms with Gasteiger partial charge in [-0.05, 0) is 37.5 Å². The van der Waals surface area contributed by atoms with Crippen LogP contribution >= 0.6 is 0 Å². The maximum Gasteiger partial charge on any atom is 0.258 e. The third-order valence-electron chi connectivity index (χ3n) is 4.65. The lowest BCUT2D eigenvalue weighted by Gasteiger charge is -2.19. The molecule has 0 saturated heterocycles. The Morgan fingerprint density at radius 1 is 1.13 bits per heavy atom. The van der Waals surface area contributed by atoms with Gasteiger partial charge in [0.2, 0.25) is 10.0 Å². The van der Waals surface area contributed by atoms with Gasteiger partial charge in [0.1, 0.15) is 6.04 Å². The quantitative estimate of drug-likeness (QED) is 0.380. The first kappa shape index (κ1) is 21.7. The van der Waals surface area contributed by atoms with Crippen LogP contribution < -0.4 is 10.1 Å². The maximum atomic E-state index is 12.7. The van der Waals surface area contributed by atoms with Gasteiger partial charge >= 0.3 is 0 Å². The number of rotatable bonds is 8. The van der Waals surface area contributed by atoms with Crippen molar-refractivity contribution in [3.63, 3.8) is 0 Å². The minimum Gasteiger partial charge on any atom is -0.361 e. The SMILES string of the molecule is Cc1ccc(S(=O)(=O)N[C@@H](CC(C)C)C(=O)N/N=C\c2c[nH]c3ccccc23)cc1. The monoisotopic (exact) mass is 426 g/mol. The van der Waals surface area contributed by atoms with Gasteiger partial charge in [-0.1, -0.05) is 49.7 Å². The number of para-hydroxylation sites is 1. The van der Waals surface area contributed by atoms with Crippen molar-refractivity contribution in [2.24, 2.45) is 11.0 Å². The first-order chi connectivity index (χ1) is 14.3. The third kappa shape index (κ3) is 5.34. The molecule has 30 heavy (non-hydrogen) atoms. The number of nitrogens with zero attached hydrogens (tertiary/aromatic N) is 1. The third-order valence-corrected chi connectivity index (χ3v) is 6.14. The number of nitrogens with one attached hydrogen (secondary N) is 3. The number of carbonyl (C=O) groups excluding carboxylic acids is 1. The summed E-state index contributed by atoms with van der Waals surface area (Å²) in [5.74, 6) is -0.394. The number of hydrogen-bond donors (Lipinski definition) is 3. The Kier molecular flexibility index (Phi) is 6.69. The molecule has 3 rings (SSSR count). The van der Waals surface area contributed by atoms with E-state index in [0.717, 1.165) is 22.0 Å². The molecule has 158 valence electrons. The molecule has 0 fully saturated rings. The van der Waals surface area contributed by atoms with E-state index in [1.165, 1.54) is 18.3 Å². The van der Waals surface area contributed by atoms with Crippen LogP contribution in [0.3, 0.4) is 0 Å². The summed E-state index contributed by atoms with van der Waals surface area (Å²) in [5, 5.41) is 5.01. The molecule has 0 aliphatic heterocycles. The fraction of sp³-hybridized carbons (Fsp3) is 0.273. The summed E-state index contributed by atoms with van der Waals surface area (Å²) in [6.07, 6.45) is 3.68. The molecule has 1 heterocycles. The average Bonchev–Trinajstić information content (AvgIpc) is 3.10. The molecule has 0 spiro atoms. The van der Waals surface area contributed by atoms with Gasteiger partial charge in [0.25, 0.3) is 5.91 Å². The van der Waals surface area contributed by atoms with Crippen molar-refractivity contribution in [1.29, 1.82) is 0 Å². The lowest BCUT2D eigenvalue weighted by molar-refractivity contribution is -0.123. The van der Waals surface area contributed by atoms with Crippen molar-refractivity contribution in [2.45, 2.75) is 38.1 Å². The summed E-state index contributed by atoms with van der Waals surface area (Å²) in [5.41, 5.74) is 5.21. The fourth-order valence-electron chi connectivity index (χ4n) is 3.10. The Hall–Kier alpha value is -2.97. The molecule has 0 aliphatic rings. The number of benzene rings is 2. The number of fused-ring (bicyclic) bond motifs is 1. The number of hydrogen-bond acceptors (Lipinski definition) is 4. The Labute approximate surface area is 176 Å². The van der Waals surface area contributed by atoms with Gasteiger partial charge in [0.15, 0.2) is 0 Å². The highest BCUT2D eigenvalue weighted by Gasteiger charge is 2.26. The molecule has 1 amide bonds. The molecular formula is C22H26N4O3S. The molecule has 0 radical (unpaired) electrons. The standard InChI is InChI=1S/C22H26N4O3S/c1-15(2)12-21(26-30(28,29)18-10-8-16(3)9-11-18)22(27)25-24-14-17-13-23-20-7-5-4-6-19(17)20/h4-11,13-15,21,23,26H,12H2,1-3H3,(H,25,27)/b24-14-/t21-/m0/s1. The number of hydrazone groups is 1. The van der Waals surface area contributed by atoms with E-state index in [1.54, 1.807) is 18.3 Å². The highest BCUT2D eigenvalue weighted by atomic mass is 32.2. The van der Waals surface area contributed by atoms with Gasteiger partial charge in [-0.15, -0.1) is 0 Å². The van der Waals surface area contributed by atoms with E-state index in [4.69, 9.17) is 0 Å². The number of amides is 1. The second kappa shape index (κ2) is 9.23. The summed E-state index contributed by atoms with van der Waals surface area (Å²) < 4.78 is 27.9. The van der Waals surface area contributed by atoms with Crippen LogP contribution in [0.4, 0.5) is 0 Å². The van der Waals surface area contributed by atoms with Crippen LogP contribution in [0, 0.1) is 12.8 Å². The molecule has 2 aromatic carbocycles. The highest BCUT2D eigenvalue weighted by molar-refractivity contribution is 7.89. The van der Waals surface area contributed by atoms with Crippen molar-refractivity contribution in [3.8, 4) is 0 Å². The molecule has 0 aliphatic carbocycles. The molecule has 3 aromatic rings. The van der Waals surface area contributed by atoms with Crippen molar-refractivity contribution in [2.75, 3.05) is 0 Å². The molecule has 0 bridgehead atoms. The zero-order chi connectivity index (χ0) is 21.7. The minimum absolute atomic E-state index is 0.110. The molecule has 3 N–H and O–H groups in total. The number of H-pyrrole nitrogens is 1. The molecule has 0 saturated carbocycles. The second-order valence-corrected chi connectivity index (χ2v) is 9.35. The lowest BCUT2D eigenvalue weighted by Crippen LogP contribution is -2.46. The van der Waals surface area contributed by atoms with Crippen LogP contribution in [0.5, 0.6) is 0 Å². The number of carbonyl (C=O) groups is 1. The number of aromatic nitrogens is 1. The van der Waals surface area contributed by atoms with E-state index in [-0.39, 0.29) is 10.8 Å². The number of sulfonamides is 1. The Balaban J connectivity index is 1.72. The van der Waals surface area contributed by atoms with Gasteiger partial charge in [0.05, 0.1) is 11.1 Å². The normalized spacial score (nSPS) is 13.2. The topological polar surface area (TPSA) is 103 Å². The van der Waals surface area contributed by atoms with Crippen LogP contribution in [0.25, 0.3) is 10.9 Å². The summed E-state index contributed by atoms with van der Waals surface area (Å²) in [6, 6.07) is 13.3. The Morgan fingerprint density at radius 3 is 2.53 bits per heavy atom. The lowest BCUT2D eigenvalue weighted by atomic mass is 10.0. The van der Waals surface area contributed by atoms with E-state index in [0.29, 0.717) is 6.42 Å². The van der Waals surface area contributed by atoms with Gasteiger partial charge in [0, 0.05) is 22.7 Å². The van der Waals surface area contributed by atoms with E-state index in [2.05, 4.69) is 20.2 Å². The van der Waals surface area contributed by atoms with Crippen LogP contribution in [0.2, 0.25) is 0 Å².